The highest BCUT2D eigenvalue weighted by Gasteiger charge is 2.34. The Morgan fingerprint density at radius 1 is 1.32 bits per heavy atom. The Hall–Kier alpha value is -2.48. The largest absolute Gasteiger partial charge is 0.374 e. The van der Waals surface area contributed by atoms with Gasteiger partial charge in [0.15, 0.2) is 5.82 Å². The lowest BCUT2D eigenvalue weighted by Crippen LogP contribution is -2.34. The summed E-state index contributed by atoms with van der Waals surface area (Å²) in [4.78, 5) is 16.8. The van der Waals surface area contributed by atoms with E-state index in [1.165, 1.54) is 12.1 Å². The van der Waals surface area contributed by atoms with Gasteiger partial charge in [-0.1, -0.05) is 6.07 Å². The number of hydrogen-bond donors (Lipinski definition) is 1. The molecule has 1 atom stereocenters. The number of amides is 1. The second-order valence-electron chi connectivity index (χ2n) is 7.52. The van der Waals surface area contributed by atoms with Crippen LogP contribution in [0.2, 0.25) is 0 Å². The topological polar surface area (TPSA) is 66.3 Å². The van der Waals surface area contributed by atoms with Gasteiger partial charge in [-0.3, -0.25) is 4.79 Å². The molecule has 1 aromatic carbocycles. The van der Waals surface area contributed by atoms with Crippen LogP contribution in [0.5, 0.6) is 0 Å². The molecule has 1 N–H and O–H groups in total. The molecule has 150 valence electrons. The summed E-state index contributed by atoms with van der Waals surface area (Å²) in [7, 11) is 1.88. The van der Waals surface area contributed by atoms with E-state index >= 15 is 0 Å². The van der Waals surface area contributed by atoms with E-state index in [4.69, 9.17) is 0 Å². The summed E-state index contributed by atoms with van der Waals surface area (Å²) in [6, 6.07) is 6.46. The zero-order chi connectivity index (χ0) is 19.5. The summed E-state index contributed by atoms with van der Waals surface area (Å²) >= 11 is 0. The minimum Gasteiger partial charge on any atom is -0.374 e. The number of carbonyl (C=O) groups is 1. The molecule has 7 nitrogen and oxygen atoms in total. The smallest absolute Gasteiger partial charge is 0.224 e. The van der Waals surface area contributed by atoms with Crippen LogP contribution in [-0.2, 0) is 17.8 Å². The van der Waals surface area contributed by atoms with E-state index < -0.39 is 0 Å². The highest BCUT2D eigenvalue weighted by Crippen LogP contribution is 2.32. The lowest BCUT2D eigenvalue weighted by Gasteiger charge is -2.26. The van der Waals surface area contributed by atoms with Crippen LogP contribution in [0.15, 0.2) is 24.3 Å². The molecule has 0 radical (unpaired) electrons. The first-order chi connectivity index (χ1) is 13.6. The first-order valence-corrected chi connectivity index (χ1v) is 10.0. The fraction of sp³-hybridized carbons (Fsp3) is 0.550. The lowest BCUT2D eigenvalue weighted by molar-refractivity contribution is -0.132. The van der Waals surface area contributed by atoms with Gasteiger partial charge in [0, 0.05) is 58.3 Å². The molecule has 1 aromatic heterocycles. The molecule has 2 aliphatic heterocycles. The number of rotatable bonds is 5. The predicted molar refractivity (Wildman–Crippen MR) is 105 cm³/mol. The first kappa shape index (κ1) is 18.9. The van der Waals surface area contributed by atoms with E-state index in [1.807, 2.05) is 22.9 Å². The fourth-order valence-electron chi connectivity index (χ4n) is 4.12. The number of halogens is 1. The summed E-state index contributed by atoms with van der Waals surface area (Å²) < 4.78 is 15.6. The number of aromatic nitrogens is 3. The van der Waals surface area contributed by atoms with Gasteiger partial charge in [0.1, 0.15) is 11.6 Å². The number of hydrogen-bond acceptors (Lipinski definition) is 5. The summed E-state index contributed by atoms with van der Waals surface area (Å²) in [5, 5.41) is 12.2. The third-order valence-corrected chi connectivity index (χ3v) is 5.67. The number of carbonyl (C=O) groups excluding carboxylic acids is 1. The maximum absolute atomic E-state index is 13.4. The second-order valence-corrected chi connectivity index (χ2v) is 7.52. The molecule has 1 saturated heterocycles. The maximum atomic E-state index is 13.4. The van der Waals surface area contributed by atoms with Crippen LogP contribution in [0.1, 0.15) is 37.0 Å². The molecule has 1 fully saturated rings. The highest BCUT2D eigenvalue weighted by atomic mass is 19.1. The normalized spacial score (nSPS) is 19.4. The fourth-order valence-corrected chi connectivity index (χ4v) is 4.12. The van der Waals surface area contributed by atoms with Gasteiger partial charge in [-0.2, -0.15) is 0 Å². The van der Waals surface area contributed by atoms with E-state index in [0.717, 1.165) is 62.8 Å². The van der Waals surface area contributed by atoms with Gasteiger partial charge in [0.25, 0.3) is 0 Å². The predicted octanol–water partition coefficient (Wildman–Crippen LogP) is 1.75. The third-order valence-electron chi connectivity index (χ3n) is 5.67. The molecule has 0 saturated carbocycles. The molecule has 2 aliphatic rings. The van der Waals surface area contributed by atoms with Gasteiger partial charge < -0.3 is 19.7 Å². The van der Waals surface area contributed by atoms with Crippen LogP contribution < -0.4 is 10.2 Å². The van der Waals surface area contributed by atoms with Crippen molar-refractivity contribution in [3.63, 3.8) is 0 Å². The van der Waals surface area contributed by atoms with E-state index in [0.29, 0.717) is 13.0 Å². The van der Waals surface area contributed by atoms with Crippen molar-refractivity contribution in [2.75, 3.05) is 38.1 Å². The van der Waals surface area contributed by atoms with Crippen molar-refractivity contribution in [2.45, 2.75) is 38.3 Å². The minimum atomic E-state index is -0.266. The van der Waals surface area contributed by atoms with Gasteiger partial charge in [-0.25, -0.2) is 4.39 Å². The molecule has 4 rings (SSSR count). The van der Waals surface area contributed by atoms with Gasteiger partial charge >= 0.3 is 0 Å². The quantitative estimate of drug-likeness (QED) is 0.848. The average molecular weight is 386 g/mol. The van der Waals surface area contributed by atoms with Crippen LogP contribution in [0.3, 0.4) is 0 Å². The van der Waals surface area contributed by atoms with Gasteiger partial charge in [0.05, 0.1) is 6.04 Å². The van der Waals surface area contributed by atoms with Crippen molar-refractivity contribution < 1.29 is 9.18 Å². The summed E-state index contributed by atoms with van der Waals surface area (Å²) in [5.41, 5.74) is 0.779. The average Bonchev–Trinajstić information content (AvgIpc) is 3.26. The first-order valence-electron chi connectivity index (χ1n) is 10.0. The lowest BCUT2D eigenvalue weighted by atomic mass is 10.2. The van der Waals surface area contributed by atoms with E-state index in [1.54, 1.807) is 6.07 Å². The zero-order valence-corrected chi connectivity index (χ0v) is 16.3. The van der Waals surface area contributed by atoms with Crippen LogP contribution in [0.4, 0.5) is 10.1 Å². The van der Waals surface area contributed by atoms with Gasteiger partial charge in [-0.15, -0.1) is 10.2 Å². The number of anilines is 1. The van der Waals surface area contributed by atoms with E-state index in [2.05, 4.69) is 20.1 Å². The van der Waals surface area contributed by atoms with Crippen LogP contribution >= 0.6 is 0 Å². The van der Waals surface area contributed by atoms with Crippen LogP contribution in [0, 0.1) is 5.82 Å². The van der Waals surface area contributed by atoms with E-state index in [9.17, 15) is 9.18 Å². The molecule has 0 aliphatic carbocycles. The summed E-state index contributed by atoms with van der Waals surface area (Å²) in [5.74, 6) is 1.78. The zero-order valence-electron chi connectivity index (χ0n) is 16.3. The molecule has 0 bridgehead atoms. The van der Waals surface area contributed by atoms with Gasteiger partial charge in [0.2, 0.25) is 5.91 Å². The number of nitrogens with zero attached hydrogens (tertiary/aromatic N) is 5. The van der Waals surface area contributed by atoms with Crippen molar-refractivity contribution in [2.24, 2.45) is 0 Å². The number of likely N-dealkylation sites (tertiary alicyclic amines) is 1. The molecule has 8 heteroatoms. The Labute approximate surface area is 164 Å². The minimum absolute atomic E-state index is 0.00586. The number of benzene rings is 1. The summed E-state index contributed by atoms with van der Waals surface area (Å²) in [6.07, 6.45) is 3.17. The van der Waals surface area contributed by atoms with Crippen LogP contribution in [-0.4, -0.2) is 58.8 Å². The molecule has 1 unspecified atom stereocenters. The molecular weight excluding hydrogens is 359 g/mol. The third kappa shape index (κ3) is 3.87. The van der Waals surface area contributed by atoms with E-state index in [-0.39, 0.29) is 17.8 Å². The Morgan fingerprint density at radius 3 is 3.07 bits per heavy atom. The Bertz CT molecular complexity index is 838. The molecule has 0 spiro atoms. The number of nitrogens with one attached hydrogen (secondary N) is 1. The molecule has 1 amide bonds. The van der Waals surface area contributed by atoms with Crippen molar-refractivity contribution in [1.29, 1.82) is 0 Å². The molecule has 2 aromatic rings. The van der Waals surface area contributed by atoms with Gasteiger partial charge in [-0.05, 0) is 31.0 Å². The standard InChI is InChI=1S/C20H27FN6O/c1-25(16-5-2-4-15(21)14-16)12-8-19(28)26-11-3-6-17(26)20-24-23-18-7-9-22-10-13-27(18)20/h2,4-5,14,17,22H,3,6-13H2,1H3. The monoisotopic (exact) mass is 386 g/mol. The molecule has 3 heterocycles. The van der Waals surface area contributed by atoms with Crippen molar-refractivity contribution in [3.05, 3.63) is 41.7 Å². The summed E-state index contributed by atoms with van der Waals surface area (Å²) in [6.45, 7) is 3.97. The number of fused-ring (bicyclic) bond motifs is 1. The second kappa shape index (κ2) is 8.26. The Kier molecular flexibility index (Phi) is 5.57. The van der Waals surface area contributed by atoms with Crippen molar-refractivity contribution in [3.8, 4) is 0 Å². The maximum Gasteiger partial charge on any atom is 0.224 e. The van der Waals surface area contributed by atoms with Crippen molar-refractivity contribution >= 4 is 11.6 Å². The van der Waals surface area contributed by atoms with Crippen molar-refractivity contribution in [1.82, 2.24) is 25.0 Å². The Balaban J connectivity index is 1.42. The highest BCUT2D eigenvalue weighted by molar-refractivity contribution is 5.77. The molecule has 28 heavy (non-hydrogen) atoms. The molecular formula is C20H27FN6O. The Morgan fingerprint density at radius 2 is 2.21 bits per heavy atom. The SMILES string of the molecule is CN(CCC(=O)N1CCCC1c1nnc2n1CCNCC2)c1cccc(F)c1. The van der Waals surface area contributed by atoms with Crippen LogP contribution in [0.25, 0.3) is 0 Å².